The SMILES string of the molecule is Cc1nc2cc(F)cc(C(=O)NCc3cccc(CN4CCCC4=O)c3)c2nc1C. The minimum atomic E-state index is -0.525. The van der Waals surface area contributed by atoms with Gasteiger partial charge >= 0.3 is 0 Å². The van der Waals surface area contributed by atoms with E-state index in [1.807, 2.05) is 36.1 Å². The first kappa shape index (κ1) is 19.9. The minimum absolute atomic E-state index is 0.166. The van der Waals surface area contributed by atoms with Crippen molar-refractivity contribution in [2.45, 2.75) is 39.8 Å². The molecule has 0 atom stereocenters. The molecule has 3 aromatic rings. The predicted octanol–water partition coefficient (Wildman–Crippen LogP) is 3.44. The van der Waals surface area contributed by atoms with Crippen LogP contribution >= 0.6 is 0 Å². The summed E-state index contributed by atoms with van der Waals surface area (Å²) < 4.78 is 14.1. The number of fused-ring (bicyclic) bond motifs is 1. The molecular formula is C23H23FN4O2. The highest BCUT2D eigenvalue weighted by atomic mass is 19.1. The number of amides is 2. The van der Waals surface area contributed by atoms with Crippen LogP contribution in [0.4, 0.5) is 4.39 Å². The predicted molar refractivity (Wildman–Crippen MR) is 111 cm³/mol. The van der Waals surface area contributed by atoms with Gasteiger partial charge in [0.05, 0.1) is 22.5 Å². The van der Waals surface area contributed by atoms with Gasteiger partial charge in [0.1, 0.15) is 11.3 Å². The third-order valence-electron chi connectivity index (χ3n) is 5.38. The van der Waals surface area contributed by atoms with Crippen molar-refractivity contribution in [2.24, 2.45) is 0 Å². The number of benzene rings is 2. The molecule has 2 aromatic carbocycles. The van der Waals surface area contributed by atoms with Gasteiger partial charge in [0.25, 0.3) is 5.91 Å². The Morgan fingerprint density at radius 2 is 1.90 bits per heavy atom. The van der Waals surface area contributed by atoms with Crippen molar-refractivity contribution >= 4 is 22.8 Å². The van der Waals surface area contributed by atoms with Gasteiger partial charge < -0.3 is 10.2 Å². The summed E-state index contributed by atoms with van der Waals surface area (Å²) in [4.78, 5) is 35.3. The summed E-state index contributed by atoms with van der Waals surface area (Å²) in [6.45, 7) is 5.26. The summed E-state index contributed by atoms with van der Waals surface area (Å²) in [5, 5.41) is 2.84. The summed E-state index contributed by atoms with van der Waals surface area (Å²) in [6.07, 6.45) is 1.51. The topological polar surface area (TPSA) is 75.2 Å². The third kappa shape index (κ3) is 4.15. The number of nitrogens with one attached hydrogen (secondary N) is 1. The van der Waals surface area contributed by atoms with Gasteiger partial charge in [-0.2, -0.15) is 0 Å². The van der Waals surface area contributed by atoms with E-state index in [0.29, 0.717) is 35.4 Å². The molecule has 0 radical (unpaired) electrons. The largest absolute Gasteiger partial charge is 0.348 e. The summed E-state index contributed by atoms with van der Waals surface area (Å²) in [7, 11) is 0. The number of aryl methyl sites for hydroxylation is 2. The number of likely N-dealkylation sites (tertiary alicyclic amines) is 1. The van der Waals surface area contributed by atoms with Crippen LogP contribution in [-0.4, -0.2) is 33.2 Å². The van der Waals surface area contributed by atoms with Crippen molar-refractivity contribution in [2.75, 3.05) is 6.54 Å². The number of nitrogens with zero attached hydrogens (tertiary/aromatic N) is 3. The molecule has 6 nitrogen and oxygen atoms in total. The second-order valence-corrected chi connectivity index (χ2v) is 7.64. The molecule has 0 saturated carbocycles. The van der Waals surface area contributed by atoms with E-state index in [9.17, 15) is 14.0 Å². The van der Waals surface area contributed by atoms with Crippen LogP contribution in [0.2, 0.25) is 0 Å². The van der Waals surface area contributed by atoms with Gasteiger partial charge in [-0.15, -0.1) is 0 Å². The fraction of sp³-hybridized carbons (Fsp3) is 0.304. The van der Waals surface area contributed by atoms with Crippen LogP contribution < -0.4 is 5.32 Å². The van der Waals surface area contributed by atoms with Crippen molar-refractivity contribution in [3.8, 4) is 0 Å². The molecule has 1 fully saturated rings. The lowest BCUT2D eigenvalue weighted by Gasteiger charge is -2.16. The molecule has 0 aliphatic carbocycles. The normalized spacial score (nSPS) is 13.8. The molecule has 1 aromatic heterocycles. The molecule has 4 rings (SSSR count). The maximum absolute atomic E-state index is 14.1. The zero-order valence-corrected chi connectivity index (χ0v) is 17.0. The second-order valence-electron chi connectivity index (χ2n) is 7.64. The summed E-state index contributed by atoms with van der Waals surface area (Å²) in [5.74, 6) is -0.752. The Morgan fingerprint density at radius 1 is 1.13 bits per heavy atom. The second kappa shape index (κ2) is 8.18. The molecular weight excluding hydrogens is 383 g/mol. The zero-order valence-electron chi connectivity index (χ0n) is 17.0. The molecule has 0 bridgehead atoms. The number of carbonyl (C=O) groups excluding carboxylic acids is 2. The van der Waals surface area contributed by atoms with Crippen molar-refractivity contribution in [1.82, 2.24) is 20.2 Å². The van der Waals surface area contributed by atoms with E-state index in [0.717, 1.165) is 24.1 Å². The molecule has 2 amide bonds. The van der Waals surface area contributed by atoms with Crippen molar-refractivity contribution in [1.29, 1.82) is 0 Å². The Morgan fingerprint density at radius 3 is 2.67 bits per heavy atom. The van der Waals surface area contributed by atoms with Crippen LogP contribution in [-0.2, 0) is 17.9 Å². The number of hydrogen-bond acceptors (Lipinski definition) is 4. The molecule has 0 unspecified atom stereocenters. The average molecular weight is 406 g/mol. The van der Waals surface area contributed by atoms with Gasteiger partial charge in [-0.05, 0) is 37.5 Å². The Labute approximate surface area is 174 Å². The number of hydrogen-bond donors (Lipinski definition) is 1. The molecule has 30 heavy (non-hydrogen) atoms. The highest BCUT2D eigenvalue weighted by Crippen LogP contribution is 2.20. The Kier molecular flexibility index (Phi) is 5.44. The maximum atomic E-state index is 14.1. The van der Waals surface area contributed by atoms with Crippen LogP contribution in [0.25, 0.3) is 11.0 Å². The highest BCUT2D eigenvalue weighted by molar-refractivity contribution is 6.04. The van der Waals surface area contributed by atoms with Crippen molar-refractivity contribution < 1.29 is 14.0 Å². The van der Waals surface area contributed by atoms with E-state index in [1.54, 1.807) is 6.92 Å². The molecule has 2 heterocycles. The number of rotatable bonds is 5. The molecule has 154 valence electrons. The van der Waals surface area contributed by atoms with Crippen LogP contribution in [0.15, 0.2) is 36.4 Å². The molecule has 1 aliphatic heterocycles. The first-order valence-electron chi connectivity index (χ1n) is 9.99. The first-order chi connectivity index (χ1) is 14.4. The highest BCUT2D eigenvalue weighted by Gasteiger charge is 2.20. The minimum Gasteiger partial charge on any atom is -0.348 e. The van der Waals surface area contributed by atoms with Gasteiger partial charge in [0.2, 0.25) is 5.91 Å². The van der Waals surface area contributed by atoms with Crippen molar-refractivity contribution in [3.63, 3.8) is 0 Å². The van der Waals surface area contributed by atoms with Crippen LogP contribution in [0.5, 0.6) is 0 Å². The number of aromatic nitrogens is 2. The van der Waals surface area contributed by atoms with E-state index in [4.69, 9.17) is 0 Å². The van der Waals surface area contributed by atoms with Gasteiger partial charge in [0.15, 0.2) is 0 Å². The quantitative estimate of drug-likeness (QED) is 0.704. The standard InChI is InChI=1S/C23H23FN4O2/c1-14-15(2)27-22-19(10-18(24)11-20(22)26-14)23(30)25-12-16-5-3-6-17(9-16)13-28-8-4-7-21(28)29/h3,5-6,9-11H,4,7-8,12-13H2,1-2H3,(H,25,30). The van der Waals surface area contributed by atoms with Crippen LogP contribution in [0.3, 0.4) is 0 Å². The Balaban J connectivity index is 1.51. The lowest BCUT2D eigenvalue weighted by Crippen LogP contribution is -2.25. The third-order valence-corrected chi connectivity index (χ3v) is 5.38. The van der Waals surface area contributed by atoms with Crippen LogP contribution in [0.1, 0.15) is 45.7 Å². The Hall–Kier alpha value is -3.35. The number of halogens is 1. The average Bonchev–Trinajstić information content (AvgIpc) is 3.11. The van der Waals surface area contributed by atoms with E-state index in [2.05, 4.69) is 15.3 Å². The lowest BCUT2D eigenvalue weighted by atomic mass is 10.1. The monoisotopic (exact) mass is 406 g/mol. The Bertz CT molecular complexity index is 1150. The van der Waals surface area contributed by atoms with Crippen molar-refractivity contribution in [3.05, 3.63) is 70.3 Å². The summed E-state index contributed by atoms with van der Waals surface area (Å²) in [5.41, 5.74) is 4.25. The summed E-state index contributed by atoms with van der Waals surface area (Å²) >= 11 is 0. The zero-order chi connectivity index (χ0) is 21.3. The van der Waals surface area contributed by atoms with Gasteiger partial charge in [0, 0.05) is 32.1 Å². The maximum Gasteiger partial charge on any atom is 0.253 e. The van der Waals surface area contributed by atoms with E-state index >= 15 is 0 Å². The van der Waals surface area contributed by atoms with Gasteiger partial charge in [-0.25, -0.2) is 14.4 Å². The molecule has 7 heteroatoms. The molecule has 1 N–H and O–H groups in total. The van der Waals surface area contributed by atoms with Gasteiger partial charge in [-0.1, -0.05) is 24.3 Å². The summed E-state index contributed by atoms with van der Waals surface area (Å²) in [6, 6.07) is 10.2. The van der Waals surface area contributed by atoms with E-state index in [1.165, 1.54) is 12.1 Å². The van der Waals surface area contributed by atoms with E-state index < -0.39 is 11.7 Å². The molecule has 0 spiro atoms. The molecule has 1 aliphatic rings. The first-order valence-corrected chi connectivity index (χ1v) is 9.99. The fourth-order valence-corrected chi connectivity index (χ4v) is 3.68. The van der Waals surface area contributed by atoms with Gasteiger partial charge in [-0.3, -0.25) is 9.59 Å². The van der Waals surface area contributed by atoms with E-state index in [-0.39, 0.29) is 18.0 Å². The smallest absolute Gasteiger partial charge is 0.253 e. The fourth-order valence-electron chi connectivity index (χ4n) is 3.68. The molecule has 1 saturated heterocycles. The van der Waals surface area contributed by atoms with Crippen LogP contribution in [0, 0.1) is 19.7 Å². The number of carbonyl (C=O) groups is 2. The lowest BCUT2D eigenvalue weighted by molar-refractivity contribution is -0.128.